The van der Waals surface area contributed by atoms with Crippen LogP contribution >= 0.6 is 12.2 Å². The van der Waals surface area contributed by atoms with Crippen LogP contribution in [0.3, 0.4) is 0 Å². The first-order chi connectivity index (χ1) is 10.8. The van der Waals surface area contributed by atoms with Crippen LogP contribution in [0.1, 0.15) is 27.0 Å². The Bertz CT molecular complexity index is 729. The minimum Gasteiger partial charge on any atom is -0.463 e. The molecule has 3 rings (SSSR count). The second-order valence-corrected chi connectivity index (χ2v) is 6.26. The van der Waals surface area contributed by atoms with Crippen molar-refractivity contribution in [1.29, 1.82) is 0 Å². The van der Waals surface area contributed by atoms with E-state index >= 15 is 0 Å². The van der Waals surface area contributed by atoms with Gasteiger partial charge in [-0.05, 0) is 13.8 Å². The molecular weight excluding hydrogens is 326 g/mol. The summed E-state index contributed by atoms with van der Waals surface area (Å²) in [7, 11) is 0. The van der Waals surface area contributed by atoms with E-state index in [4.69, 9.17) is 31.2 Å². The van der Waals surface area contributed by atoms with Gasteiger partial charge < -0.3 is 18.9 Å². The summed E-state index contributed by atoms with van der Waals surface area (Å²) >= 11 is 4.87. The Labute approximate surface area is 136 Å². The summed E-state index contributed by atoms with van der Waals surface area (Å²) in [6.45, 7) is 4.84. The van der Waals surface area contributed by atoms with E-state index in [0.717, 1.165) is 4.68 Å². The molecule has 2 fully saturated rings. The highest BCUT2D eigenvalue weighted by molar-refractivity contribution is 7.71. The maximum Gasteiger partial charge on any atom is 0.345 e. The summed E-state index contributed by atoms with van der Waals surface area (Å²) in [5.74, 6) is -1.26. The van der Waals surface area contributed by atoms with Gasteiger partial charge >= 0.3 is 11.7 Å². The van der Waals surface area contributed by atoms with E-state index in [2.05, 4.69) is 10.1 Å². The molecule has 0 bridgehead atoms. The van der Waals surface area contributed by atoms with Crippen LogP contribution in [0, 0.1) is 4.64 Å². The van der Waals surface area contributed by atoms with Crippen molar-refractivity contribution < 1.29 is 23.7 Å². The van der Waals surface area contributed by atoms with E-state index in [1.165, 1.54) is 13.1 Å². The molecule has 1 aromatic rings. The lowest BCUT2D eigenvalue weighted by Gasteiger charge is -2.24. The summed E-state index contributed by atoms with van der Waals surface area (Å²) in [5.41, 5.74) is -0.511. The summed E-state index contributed by atoms with van der Waals surface area (Å²) in [5, 5.41) is 4.00. The third-order valence-electron chi connectivity index (χ3n) is 3.55. The maximum absolute atomic E-state index is 12.1. The predicted octanol–water partition coefficient (Wildman–Crippen LogP) is 0.281. The van der Waals surface area contributed by atoms with Gasteiger partial charge in [-0.3, -0.25) is 9.78 Å². The lowest BCUT2D eigenvalue weighted by atomic mass is 10.1. The highest BCUT2D eigenvalue weighted by Crippen LogP contribution is 2.42. The van der Waals surface area contributed by atoms with Gasteiger partial charge in [0.25, 0.3) is 0 Å². The molecule has 10 heteroatoms. The van der Waals surface area contributed by atoms with Crippen LogP contribution in [0.2, 0.25) is 0 Å². The van der Waals surface area contributed by atoms with Gasteiger partial charge in [-0.2, -0.15) is 9.78 Å². The van der Waals surface area contributed by atoms with Crippen molar-refractivity contribution >= 4 is 18.2 Å². The molecule has 0 saturated carbocycles. The molecule has 0 amide bonds. The van der Waals surface area contributed by atoms with Gasteiger partial charge in [-0.15, -0.1) is 0 Å². The number of nitrogens with zero attached hydrogens (tertiary/aromatic N) is 2. The first-order valence-corrected chi connectivity index (χ1v) is 7.50. The highest BCUT2D eigenvalue weighted by atomic mass is 32.1. The Hall–Kier alpha value is -1.62. The van der Waals surface area contributed by atoms with E-state index in [9.17, 15) is 9.59 Å². The molecule has 9 nitrogen and oxygen atoms in total. The Kier molecular flexibility index (Phi) is 4.08. The first-order valence-electron chi connectivity index (χ1n) is 7.09. The molecule has 2 saturated heterocycles. The molecule has 0 spiro atoms. The molecule has 1 aromatic heterocycles. The monoisotopic (exact) mass is 343 g/mol. The van der Waals surface area contributed by atoms with Gasteiger partial charge in [0.2, 0.25) is 0 Å². The molecule has 126 valence electrons. The second-order valence-electron chi connectivity index (χ2n) is 5.82. The van der Waals surface area contributed by atoms with Crippen molar-refractivity contribution in [1.82, 2.24) is 14.8 Å². The average Bonchev–Trinajstić information content (AvgIpc) is 2.90. The van der Waals surface area contributed by atoms with E-state index in [0.29, 0.717) is 0 Å². The van der Waals surface area contributed by atoms with Crippen LogP contribution in [-0.2, 0) is 23.7 Å². The number of nitrogens with one attached hydrogen (secondary N) is 1. The molecule has 0 aromatic carbocycles. The Morgan fingerprint density at radius 2 is 2.17 bits per heavy atom. The first kappa shape index (κ1) is 16.2. The fraction of sp³-hybridized carbons (Fsp3) is 0.692. The largest absolute Gasteiger partial charge is 0.463 e. The van der Waals surface area contributed by atoms with Crippen molar-refractivity contribution in [3.63, 3.8) is 0 Å². The number of carbonyl (C=O) groups is 1. The van der Waals surface area contributed by atoms with Crippen molar-refractivity contribution in [3.05, 3.63) is 21.3 Å². The Morgan fingerprint density at radius 1 is 1.48 bits per heavy atom. The third-order valence-corrected chi connectivity index (χ3v) is 3.76. The summed E-state index contributed by atoms with van der Waals surface area (Å²) in [6, 6.07) is 0. The van der Waals surface area contributed by atoms with Crippen LogP contribution < -0.4 is 5.69 Å². The number of aromatic nitrogens is 3. The number of aromatic amines is 1. The zero-order valence-corrected chi connectivity index (χ0v) is 13.7. The van der Waals surface area contributed by atoms with Gasteiger partial charge in [0, 0.05) is 6.92 Å². The SMILES string of the molecule is CC(=O)OC[C@H]1O[C@@H](n2ncc(=S)[nH]c2=O)[C@H]2OC(C)(C)O[C@@H]21. The zero-order valence-electron chi connectivity index (χ0n) is 12.8. The molecule has 3 heterocycles. The molecule has 23 heavy (non-hydrogen) atoms. The van der Waals surface area contributed by atoms with Gasteiger partial charge in [-0.1, -0.05) is 12.2 Å². The average molecular weight is 343 g/mol. The van der Waals surface area contributed by atoms with E-state index < -0.39 is 42.0 Å². The Morgan fingerprint density at radius 3 is 2.83 bits per heavy atom. The van der Waals surface area contributed by atoms with Crippen LogP contribution in [0.25, 0.3) is 0 Å². The molecule has 0 aliphatic carbocycles. The quantitative estimate of drug-likeness (QED) is 0.616. The minimum atomic E-state index is -0.836. The molecule has 2 aliphatic heterocycles. The number of hydrogen-bond acceptors (Lipinski definition) is 8. The summed E-state index contributed by atoms with van der Waals surface area (Å²) in [6.07, 6.45) is -1.06. The van der Waals surface area contributed by atoms with E-state index in [1.807, 2.05) is 0 Å². The molecular formula is C13H17N3O6S. The lowest BCUT2D eigenvalue weighted by molar-refractivity contribution is -0.204. The maximum atomic E-state index is 12.1. The summed E-state index contributed by atoms with van der Waals surface area (Å²) < 4.78 is 23.8. The standard InChI is InChI=1S/C13H17N3O6S/c1-6(17)19-5-7-9-10(22-13(2,3)21-9)11(20-7)16-12(18)15-8(23)4-14-16/h4,7,9-11H,5H2,1-3H3,(H,15,18,23)/t7-,9-,10+,11-/m1/s1. The fourth-order valence-electron chi connectivity index (χ4n) is 2.73. The lowest BCUT2D eigenvalue weighted by Crippen LogP contribution is -2.36. The van der Waals surface area contributed by atoms with Crippen molar-refractivity contribution in [2.75, 3.05) is 6.61 Å². The van der Waals surface area contributed by atoms with Crippen LogP contribution in [0.15, 0.2) is 11.0 Å². The van der Waals surface area contributed by atoms with Crippen LogP contribution in [0.4, 0.5) is 0 Å². The number of carbonyl (C=O) groups excluding carboxylic acids is 1. The van der Waals surface area contributed by atoms with Crippen molar-refractivity contribution in [3.8, 4) is 0 Å². The smallest absolute Gasteiger partial charge is 0.345 e. The molecule has 1 N–H and O–H groups in total. The molecule has 4 atom stereocenters. The summed E-state index contributed by atoms with van der Waals surface area (Å²) in [4.78, 5) is 25.6. The van der Waals surface area contributed by atoms with Crippen LogP contribution in [0.5, 0.6) is 0 Å². The number of rotatable bonds is 3. The topological polar surface area (TPSA) is 105 Å². The highest BCUT2D eigenvalue weighted by Gasteiger charge is 2.56. The number of ether oxygens (including phenoxy) is 4. The number of H-pyrrole nitrogens is 1. The number of esters is 1. The third kappa shape index (κ3) is 3.20. The second kappa shape index (κ2) is 5.78. The zero-order chi connectivity index (χ0) is 16.8. The van der Waals surface area contributed by atoms with Gasteiger partial charge in [0.1, 0.15) is 29.6 Å². The predicted molar refractivity (Wildman–Crippen MR) is 78.0 cm³/mol. The van der Waals surface area contributed by atoms with E-state index in [1.54, 1.807) is 13.8 Å². The Balaban J connectivity index is 1.90. The molecule has 0 radical (unpaired) electrons. The number of fused-ring (bicyclic) bond motifs is 1. The van der Waals surface area contributed by atoms with Gasteiger partial charge in [0.15, 0.2) is 12.0 Å². The number of hydrogen-bond donors (Lipinski definition) is 1. The van der Waals surface area contributed by atoms with Crippen LogP contribution in [-0.4, -0.2) is 51.4 Å². The van der Waals surface area contributed by atoms with Crippen molar-refractivity contribution in [2.45, 2.75) is 51.1 Å². The van der Waals surface area contributed by atoms with Gasteiger partial charge in [0.05, 0.1) is 6.20 Å². The van der Waals surface area contributed by atoms with Gasteiger partial charge in [-0.25, -0.2) is 4.79 Å². The molecule has 0 unspecified atom stereocenters. The molecule has 2 aliphatic rings. The normalized spacial score (nSPS) is 31.8. The van der Waals surface area contributed by atoms with E-state index in [-0.39, 0.29) is 11.2 Å². The fourth-order valence-corrected chi connectivity index (χ4v) is 2.87. The minimum absolute atomic E-state index is 0.00399. The van der Waals surface area contributed by atoms with Crippen molar-refractivity contribution in [2.24, 2.45) is 0 Å².